The molecular formula is C21H27N2O3+. The Morgan fingerprint density at radius 1 is 1.19 bits per heavy atom. The average molecular weight is 355 g/mol. The van der Waals surface area contributed by atoms with Crippen molar-refractivity contribution in [1.29, 1.82) is 0 Å². The molecule has 1 amide bonds. The zero-order valence-corrected chi connectivity index (χ0v) is 16.1. The molecule has 0 saturated carbocycles. The van der Waals surface area contributed by atoms with Gasteiger partial charge in [0.25, 0.3) is 5.91 Å². The van der Waals surface area contributed by atoms with Crippen molar-refractivity contribution in [3.63, 3.8) is 0 Å². The number of Topliss-reactive ketones (excluding diaryl/α,β-unsaturated/α-hetero) is 1. The molecule has 2 aromatic rings. The van der Waals surface area contributed by atoms with Crippen molar-refractivity contribution in [2.75, 3.05) is 19.5 Å². The van der Waals surface area contributed by atoms with Crippen molar-refractivity contribution in [3.05, 3.63) is 59.2 Å². The fourth-order valence-electron chi connectivity index (χ4n) is 2.79. The number of hydrogen-bond acceptors (Lipinski definition) is 3. The zero-order chi connectivity index (χ0) is 19.3. The lowest BCUT2D eigenvalue weighted by Gasteiger charge is -2.22. The average Bonchev–Trinajstić information content (AvgIpc) is 2.61. The minimum Gasteiger partial charge on any atom is -0.496 e. The number of rotatable bonds is 7. The van der Waals surface area contributed by atoms with E-state index in [9.17, 15) is 9.59 Å². The van der Waals surface area contributed by atoms with Crippen LogP contribution in [0, 0.1) is 6.92 Å². The number of ketones is 1. The van der Waals surface area contributed by atoms with E-state index in [4.69, 9.17) is 4.74 Å². The van der Waals surface area contributed by atoms with Gasteiger partial charge in [0.05, 0.1) is 14.2 Å². The first kappa shape index (κ1) is 19.7. The number of anilines is 1. The van der Waals surface area contributed by atoms with Crippen LogP contribution in [0.3, 0.4) is 0 Å². The lowest BCUT2D eigenvalue weighted by molar-refractivity contribution is -0.907. The molecule has 26 heavy (non-hydrogen) atoms. The van der Waals surface area contributed by atoms with E-state index in [0.717, 1.165) is 21.8 Å². The van der Waals surface area contributed by atoms with E-state index < -0.39 is 0 Å². The molecule has 5 nitrogen and oxygen atoms in total. The van der Waals surface area contributed by atoms with E-state index in [2.05, 4.69) is 11.4 Å². The molecular weight excluding hydrogens is 328 g/mol. The predicted octanol–water partition coefficient (Wildman–Crippen LogP) is 2.25. The number of amides is 1. The Morgan fingerprint density at radius 2 is 1.92 bits per heavy atom. The molecule has 0 bridgehead atoms. The quantitative estimate of drug-likeness (QED) is 0.749. The second kappa shape index (κ2) is 8.63. The predicted molar refractivity (Wildman–Crippen MR) is 103 cm³/mol. The van der Waals surface area contributed by atoms with Crippen LogP contribution >= 0.6 is 0 Å². The number of hydrogen-bond donors (Lipinski definition) is 2. The number of quaternary nitrogens is 1. The van der Waals surface area contributed by atoms with Crippen LogP contribution in [0.25, 0.3) is 0 Å². The first-order valence-corrected chi connectivity index (χ1v) is 8.69. The highest BCUT2D eigenvalue weighted by atomic mass is 16.5. The summed E-state index contributed by atoms with van der Waals surface area (Å²) in [6.07, 6.45) is 0. The minimum absolute atomic E-state index is 0.0246. The van der Waals surface area contributed by atoms with E-state index in [1.165, 1.54) is 6.92 Å². The number of carbonyl (C=O) groups excluding carboxylic acids is 2. The van der Waals surface area contributed by atoms with Gasteiger partial charge in [0.2, 0.25) is 0 Å². The molecule has 1 unspecified atom stereocenters. The van der Waals surface area contributed by atoms with Crippen LogP contribution < -0.4 is 15.0 Å². The van der Waals surface area contributed by atoms with Gasteiger partial charge in [-0.1, -0.05) is 23.8 Å². The van der Waals surface area contributed by atoms with Crippen LogP contribution in [-0.2, 0) is 11.3 Å². The smallest absolute Gasteiger partial charge is 0.282 e. The van der Waals surface area contributed by atoms with E-state index in [0.29, 0.717) is 17.8 Å². The summed E-state index contributed by atoms with van der Waals surface area (Å²) in [5.74, 6) is 0.718. The Labute approximate surface area is 155 Å². The second-order valence-corrected chi connectivity index (χ2v) is 6.69. The maximum atomic E-state index is 12.6. The zero-order valence-electron chi connectivity index (χ0n) is 16.1. The SMILES string of the molecule is COc1ccc(C)cc1C[NH+](C)[C@@H](C)C(=O)Nc1cccc(C(C)=O)c1. The largest absolute Gasteiger partial charge is 0.496 e. The van der Waals surface area contributed by atoms with Gasteiger partial charge < -0.3 is 15.0 Å². The third-order valence-corrected chi connectivity index (χ3v) is 4.57. The van der Waals surface area contributed by atoms with Gasteiger partial charge in [-0.15, -0.1) is 0 Å². The summed E-state index contributed by atoms with van der Waals surface area (Å²) < 4.78 is 5.43. The second-order valence-electron chi connectivity index (χ2n) is 6.69. The van der Waals surface area contributed by atoms with Crippen molar-refractivity contribution in [2.24, 2.45) is 0 Å². The molecule has 0 spiro atoms. The Kier molecular flexibility index (Phi) is 6.52. The van der Waals surface area contributed by atoms with E-state index >= 15 is 0 Å². The van der Waals surface area contributed by atoms with Crippen molar-refractivity contribution in [3.8, 4) is 5.75 Å². The summed E-state index contributed by atoms with van der Waals surface area (Å²) in [6, 6.07) is 12.8. The Morgan fingerprint density at radius 3 is 2.58 bits per heavy atom. The number of methoxy groups -OCH3 is 1. The summed E-state index contributed by atoms with van der Waals surface area (Å²) in [7, 11) is 3.64. The van der Waals surface area contributed by atoms with Crippen LogP contribution in [0.2, 0.25) is 0 Å². The Balaban J connectivity index is 2.07. The van der Waals surface area contributed by atoms with Gasteiger partial charge in [0.1, 0.15) is 12.3 Å². The van der Waals surface area contributed by atoms with Gasteiger partial charge in [-0.3, -0.25) is 9.59 Å². The van der Waals surface area contributed by atoms with Crippen LogP contribution in [0.4, 0.5) is 5.69 Å². The monoisotopic (exact) mass is 355 g/mol. The molecule has 0 fully saturated rings. The first-order chi connectivity index (χ1) is 12.3. The molecule has 2 atom stereocenters. The maximum absolute atomic E-state index is 12.6. The molecule has 0 aromatic heterocycles. The summed E-state index contributed by atoms with van der Waals surface area (Å²) in [5, 5.41) is 2.90. The van der Waals surface area contributed by atoms with Crippen LogP contribution in [0.15, 0.2) is 42.5 Å². The molecule has 0 radical (unpaired) electrons. The molecule has 0 aliphatic carbocycles. The van der Waals surface area contributed by atoms with E-state index in [1.54, 1.807) is 31.4 Å². The third kappa shape index (κ3) is 4.92. The molecule has 0 aliphatic rings. The molecule has 2 N–H and O–H groups in total. The lowest BCUT2D eigenvalue weighted by Crippen LogP contribution is -3.12. The number of aryl methyl sites for hydroxylation is 1. The minimum atomic E-state index is -0.263. The van der Waals surface area contributed by atoms with Crippen LogP contribution in [-0.4, -0.2) is 31.9 Å². The number of carbonyl (C=O) groups is 2. The summed E-state index contributed by atoms with van der Waals surface area (Å²) in [5.41, 5.74) is 3.45. The third-order valence-electron chi connectivity index (χ3n) is 4.57. The molecule has 0 saturated heterocycles. The van der Waals surface area contributed by atoms with Gasteiger partial charge in [-0.25, -0.2) is 0 Å². The van der Waals surface area contributed by atoms with Gasteiger partial charge >= 0.3 is 0 Å². The topological polar surface area (TPSA) is 59.8 Å². The van der Waals surface area contributed by atoms with Gasteiger partial charge in [0.15, 0.2) is 11.8 Å². The Bertz CT molecular complexity index is 802. The van der Waals surface area contributed by atoms with Crippen molar-refractivity contribution >= 4 is 17.4 Å². The number of ether oxygens (including phenoxy) is 1. The fourth-order valence-corrected chi connectivity index (χ4v) is 2.79. The molecule has 5 heteroatoms. The maximum Gasteiger partial charge on any atom is 0.282 e. The van der Waals surface area contributed by atoms with E-state index in [1.807, 2.05) is 33.0 Å². The Hall–Kier alpha value is -2.66. The van der Waals surface area contributed by atoms with E-state index in [-0.39, 0.29) is 17.7 Å². The van der Waals surface area contributed by atoms with Crippen LogP contribution in [0.1, 0.15) is 35.3 Å². The first-order valence-electron chi connectivity index (χ1n) is 8.69. The summed E-state index contributed by atoms with van der Waals surface area (Å²) >= 11 is 0. The van der Waals surface area contributed by atoms with Gasteiger partial charge in [-0.05, 0) is 45.0 Å². The molecule has 138 valence electrons. The van der Waals surface area contributed by atoms with Crippen molar-refractivity contribution in [2.45, 2.75) is 33.4 Å². The normalized spacial score (nSPS) is 13.0. The molecule has 2 rings (SSSR count). The van der Waals surface area contributed by atoms with Gasteiger partial charge in [-0.2, -0.15) is 0 Å². The standard InChI is InChI=1S/C21H26N2O3/c1-14-9-10-20(26-5)18(11-14)13-23(4)15(2)21(25)22-19-8-6-7-17(12-19)16(3)24/h6-12,15H,13H2,1-5H3,(H,22,25)/p+1/t15-/m0/s1. The van der Waals surface area contributed by atoms with Crippen molar-refractivity contribution < 1.29 is 19.2 Å². The van der Waals surface area contributed by atoms with Gasteiger partial charge in [0, 0.05) is 16.8 Å². The molecule has 2 aromatic carbocycles. The number of benzene rings is 2. The highest BCUT2D eigenvalue weighted by Crippen LogP contribution is 2.18. The van der Waals surface area contributed by atoms with Crippen molar-refractivity contribution in [1.82, 2.24) is 0 Å². The number of likely N-dealkylation sites (N-methyl/N-ethyl adjacent to an activating group) is 1. The fraction of sp³-hybridized carbons (Fsp3) is 0.333. The number of nitrogens with one attached hydrogen (secondary N) is 2. The highest BCUT2D eigenvalue weighted by molar-refractivity contribution is 5.97. The van der Waals surface area contributed by atoms with Crippen LogP contribution in [0.5, 0.6) is 5.75 Å². The lowest BCUT2D eigenvalue weighted by atomic mass is 10.1. The molecule has 0 aliphatic heterocycles. The highest BCUT2D eigenvalue weighted by Gasteiger charge is 2.23. The summed E-state index contributed by atoms with van der Waals surface area (Å²) in [4.78, 5) is 25.1. The summed E-state index contributed by atoms with van der Waals surface area (Å²) in [6.45, 7) is 6.11. The molecule has 0 heterocycles.